The van der Waals surface area contributed by atoms with Crippen LogP contribution in [0.5, 0.6) is 5.75 Å². The van der Waals surface area contributed by atoms with Crippen LogP contribution in [0, 0.1) is 0 Å². The Morgan fingerprint density at radius 3 is 2.17 bits per heavy atom. The van der Waals surface area contributed by atoms with Crippen LogP contribution in [0.25, 0.3) is 17.2 Å². The van der Waals surface area contributed by atoms with Crippen molar-refractivity contribution in [1.82, 2.24) is 0 Å². The molecule has 3 aromatic rings. The molecule has 0 heterocycles. The number of halogens is 1. The van der Waals surface area contributed by atoms with Crippen LogP contribution >= 0.6 is 15.9 Å². The van der Waals surface area contributed by atoms with Gasteiger partial charge in [0.05, 0.1) is 0 Å². The summed E-state index contributed by atoms with van der Waals surface area (Å²) in [6.45, 7) is 4.35. The third-order valence-electron chi connectivity index (χ3n) is 3.62. The normalized spacial score (nSPS) is 10.3. The molecule has 23 heavy (non-hydrogen) atoms. The Bertz CT molecular complexity index is 789. The minimum atomic E-state index is 0.555. The van der Waals surface area contributed by atoms with E-state index < -0.39 is 0 Å². The lowest BCUT2D eigenvalue weighted by Crippen LogP contribution is -1.95. The molecule has 3 aromatic carbocycles. The summed E-state index contributed by atoms with van der Waals surface area (Å²) in [5, 5.41) is 0. The van der Waals surface area contributed by atoms with Gasteiger partial charge in [-0.15, -0.1) is 0 Å². The van der Waals surface area contributed by atoms with Crippen LogP contribution in [0.2, 0.25) is 0 Å². The summed E-state index contributed by atoms with van der Waals surface area (Å²) < 4.78 is 6.95. The fraction of sp³-hybridized carbons (Fsp3) is 0.0476. The van der Waals surface area contributed by atoms with E-state index in [2.05, 4.69) is 58.9 Å². The zero-order valence-electron chi connectivity index (χ0n) is 12.7. The minimum absolute atomic E-state index is 0.555. The van der Waals surface area contributed by atoms with Crippen molar-refractivity contribution in [2.45, 2.75) is 6.61 Å². The molecule has 0 fully saturated rings. The highest BCUT2D eigenvalue weighted by molar-refractivity contribution is 9.10. The predicted octanol–water partition coefficient (Wildman–Crippen LogP) is 6.34. The van der Waals surface area contributed by atoms with Gasteiger partial charge >= 0.3 is 0 Å². The highest BCUT2D eigenvalue weighted by Gasteiger charge is 2.00. The minimum Gasteiger partial charge on any atom is -0.489 e. The Morgan fingerprint density at radius 2 is 1.52 bits per heavy atom. The van der Waals surface area contributed by atoms with Crippen molar-refractivity contribution in [1.29, 1.82) is 0 Å². The quantitative estimate of drug-likeness (QED) is 0.513. The van der Waals surface area contributed by atoms with E-state index in [1.807, 2.05) is 42.5 Å². The molecule has 1 nitrogen and oxygen atoms in total. The van der Waals surface area contributed by atoms with Crippen molar-refractivity contribution < 1.29 is 4.74 Å². The van der Waals surface area contributed by atoms with E-state index in [9.17, 15) is 0 Å². The average Bonchev–Trinajstić information content (AvgIpc) is 2.61. The third kappa shape index (κ3) is 4.11. The second kappa shape index (κ2) is 7.30. The maximum atomic E-state index is 5.86. The van der Waals surface area contributed by atoms with Crippen molar-refractivity contribution >= 4 is 22.0 Å². The maximum absolute atomic E-state index is 5.86. The number of hydrogen-bond donors (Lipinski definition) is 0. The van der Waals surface area contributed by atoms with E-state index >= 15 is 0 Å². The third-order valence-corrected chi connectivity index (χ3v) is 4.15. The molecule has 0 aliphatic heterocycles. The lowest BCUT2D eigenvalue weighted by atomic mass is 10.1. The van der Waals surface area contributed by atoms with Crippen LogP contribution < -0.4 is 4.74 Å². The van der Waals surface area contributed by atoms with Crippen LogP contribution in [-0.4, -0.2) is 0 Å². The van der Waals surface area contributed by atoms with Crippen molar-refractivity contribution in [3.05, 3.63) is 95.0 Å². The summed E-state index contributed by atoms with van der Waals surface area (Å²) in [6, 6.07) is 24.7. The summed E-state index contributed by atoms with van der Waals surface area (Å²) in [6.07, 6.45) is 1.84. The number of rotatable bonds is 5. The van der Waals surface area contributed by atoms with E-state index in [0.29, 0.717) is 6.61 Å². The largest absolute Gasteiger partial charge is 0.489 e. The molecule has 0 bridgehead atoms. The van der Waals surface area contributed by atoms with Gasteiger partial charge in [0.25, 0.3) is 0 Å². The zero-order valence-corrected chi connectivity index (χ0v) is 14.3. The molecule has 0 saturated carbocycles. The van der Waals surface area contributed by atoms with Crippen LogP contribution in [-0.2, 0) is 6.61 Å². The van der Waals surface area contributed by atoms with Gasteiger partial charge in [-0.2, -0.15) is 0 Å². The summed E-state index contributed by atoms with van der Waals surface area (Å²) in [5.41, 5.74) is 4.62. The van der Waals surface area contributed by atoms with Gasteiger partial charge in [-0.3, -0.25) is 0 Å². The van der Waals surface area contributed by atoms with Gasteiger partial charge in [-0.05, 0) is 52.6 Å². The van der Waals surface area contributed by atoms with Gasteiger partial charge in [-0.1, -0.05) is 71.0 Å². The number of hydrogen-bond acceptors (Lipinski definition) is 1. The molecule has 114 valence electrons. The van der Waals surface area contributed by atoms with Crippen molar-refractivity contribution in [2.24, 2.45) is 0 Å². The van der Waals surface area contributed by atoms with Crippen LogP contribution in [0.4, 0.5) is 0 Å². The van der Waals surface area contributed by atoms with Gasteiger partial charge in [0, 0.05) is 4.47 Å². The van der Waals surface area contributed by atoms with E-state index in [1.54, 1.807) is 0 Å². The van der Waals surface area contributed by atoms with Crippen molar-refractivity contribution in [3.63, 3.8) is 0 Å². The molecule has 3 rings (SSSR count). The molecule has 2 heteroatoms. The Kier molecular flexibility index (Phi) is 4.94. The monoisotopic (exact) mass is 364 g/mol. The highest BCUT2D eigenvalue weighted by Crippen LogP contribution is 2.24. The second-order valence-corrected chi connectivity index (χ2v) is 6.18. The molecule has 0 aromatic heterocycles. The first-order valence-electron chi connectivity index (χ1n) is 7.45. The summed E-state index contributed by atoms with van der Waals surface area (Å²) in [7, 11) is 0. The number of ether oxygens (including phenoxy) is 1. The van der Waals surface area contributed by atoms with Gasteiger partial charge in [0.1, 0.15) is 12.4 Å². The molecule has 0 saturated heterocycles. The highest BCUT2D eigenvalue weighted by atomic mass is 79.9. The molecule has 0 unspecified atom stereocenters. The number of benzene rings is 3. The van der Waals surface area contributed by atoms with Gasteiger partial charge in [0.15, 0.2) is 0 Å². The Balaban J connectivity index is 1.67. The lowest BCUT2D eigenvalue weighted by Gasteiger charge is -2.08. The van der Waals surface area contributed by atoms with Crippen LogP contribution in [0.1, 0.15) is 11.1 Å². The summed E-state index contributed by atoms with van der Waals surface area (Å²) in [5.74, 6) is 0.870. The van der Waals surface area contributed by atoms with Gasteiger partial charge in [0.2, 0.25) is 0 Å². The Hall–Kier alpha value is -2.32. The molecule has 0 aliphatic rings. The maximum Gasteiger partial charge on any atom is 0.119 e. The molecular weight excluding hydrogens is 348 g/mol. The van der Waals surface area contributed by atoms with Gasteiger partial charge < -0.3 is 4.74 Å². The van der Waals surface area contributed by atoms with Gasteiger partial charge in [-0.25, -0.2) is 0 Å². The molecule has 0 amide bonds. The van der Waals surface area contributed by atoms with Crippen molar-refractivity contribution in [2.75, 3.05) is 0 Å². The predicted molar refractivity (Wildman–Crippen MR) is 100 cm³/mol. The average molecular weight is 365 g/mol. The lowest BCUT2D eigenvalue weighted by molar-refractivity contribution is 0.306. The molecule has 0 radical (unpaired) electrons. The topological polar surface area (TPSA) is 9.23 Å². The zero-order chi connectivity index (χ0) is 16.1. The summed E-state index contributed by atoms with van der Waals surface area (Å²) in [4.78, 5) is 0. The van der Waals surface area contributed by atoms with Crippen LogP contribution in [0.3, 0.4) is 0 Å². The first-order valence-corrected chi connectivity index (χ1v) is 8.24. The standard InChI is InChI=1S/C21H17BrO/c1-2-16-4-3-5-17(14-16)15-23-21-12-8-19(9-13-21)18-6-10-20(22)11-7-18/h2-14H,1,15H2. The molecule has 0 N–H and O–H groups in total. The fourth-order valence-electron chi connectivity index (χ4n) is 2.36. The molecule has 0 atom stereocenters. The SMILES string of the molecule is C=Cc1cccc(COc2ccc(-c3ccc(Br)cc3)cc2)c1. The fourth-order valence-corrected chi connectivity index (χ4v) is 2.63. The van der Waals surface area contributed by atoms with E-state index in [1.165, 1.54) is 11.1 Å². The Labute approximate surface area is 145 Å². The second-order valence-electron chi connectivity index (χ2n) is 5.27. The summed E-state index contributed by atoms with van der Waals surface area (Å²) >= 11 is 3.46. The molecule has 0 aliphatic carbocycles. The van der Waals surface area contributed by atoms with Crippen molar-refractivity contribution in [3.8, 4) is 16.9 Å². The van der Waals surface area contributed by atoms with Crippen LogP contribution in [0.15, 0.2) is 83.8 Å². The Morgan fingerprint density at radius 1 is 0.870 bits per heavy atom. The first kappa shape index (κ1) is 15.6. The van der Waals surface area contributed by atoms with E-state index in [4.69, 9.17) is 4.74 Å². The van der Waals surface area contributed by atoms with E-state index in [0.717, 1.165) is 21.3 Å². The van der Waals surface area contributed by atoms with E-state index in [-0.39, 0.29) is 0 Å². The smallest absolute Gasteiger partial charge is 0.119 e. The molecular formula is C21H17BrO. The molecule has 0 spiro atoms. The first-order chi connectivity index (χ1) is 11.2.